The molecule has 0 bridgehead atoms. The number of aromatic nitrogens is 4. The Balaban J connectivity index is 2.10. The standard InChI is InChI=1S/C21H27N7O2/c1-6-29-21-14(8-7-9-24-21)15-10-16(25-11-17-28-27-13(4)30-17)18(19(22)12(2)3)20(23-5)26-15/h7-10,12,22H,6,11H2,1-5H3,(H2,23,25,26). The molecule has 0 fully saturated rings. The fourth-order valence-electron chi connectivity index (χ4n) is 2.98. The molecule has 3 rings (SSSR count). The molecule has 30 heavy (non-hydrogen) atoms. The average molecular weight is 409 g/mol. The first-order valence-electron chi connectivity index (χ1n) is 9.87. The Morgan fingerprint density at radius 1 is 1.30 bits per heavy atom. The van der Waals surface area contributed by atoms with Gasteiger partial charge in [0.15, 0.2) is 0 Å². The Bertz CT molecular complexity index is 1030. The van der Waals surface area contributed by atoms with Gasteiger partial charge in [-0.25, -0.2) is 9.97 Å². The number of hydrogen-bond acceptors (Lipinski definition) is 9. The van der Waals surface area contributed by atoms with Crippen LogP contribution in [0.25, 0.3) is 11.3 Å². The van der Waals surface area contributed by atoms with E-state index in [0.717, 1.165) is 11.3 Å². The van der Waals surface area contributed by atoms with Crippen LogP contribution in [0.3, 0.4) is 0 Å². The molecule has 0 unspecified atom stereocenters. The summed E-state index contributed by atoms with van der Waals surface area (Å²) in [6, 6.07) is 5.66. The topological polar surface area (TPSA) is 122 Å². The summed E-state index contributed by atoms with van der Waals surface area (Å²) in [5.41, 5.74) is 3.37. The summed E-state index contributed by atoms with van der Waals surface area (Å²) in [5.74, 6) is 2.11. The second kappa shape index (κ2) is 9.34. The zero-order valence-corrected chi connectivity index (χ0v) is 17.9. The van der Waals surface area contributed by atoms with Gasteiger partial charge < -0.3 is 25.2 Å². The molecule has 0 aliphatic carbocycles. The van der Waals surface area contributed by atoms with E-state index in [-0.39, 0.29) is 5.92 Å². The number of pyridine rings is 2. The number of anilines is 2. The maximum Gasteiger partial charge on any atom is 0.235 e. The number of aryl methyl sites for hydroxylation is 1. The van der Waals surface area contributed by atoms with E-state index < -0.39 is 0 Å². The lowest BCUT2D eigenvalue weighted by atomic mass is 9.97. The number of rotatable bonds is 9. The molecule has 3 N–H and O–H groups in total. The summed E-state index contributed by atoms with van der Waals surface area (Å²) in [6.45, 7) is 8.46. The number of nitrogens with zero attached hydrogens (tertiary/aromatic N) is 4. The molecule has 0 atom stereocenters. The lowest BCUT2D eigenvalue weighted by molar-refractivity contribution is 0.328. The van der Waals surface area contributed by atoms with Gasteiger partial charge in [0.05, 0.1) is 30.0 Å². The fourth-order valence-corrected chi connectivity index (χ4v) is 2.98. The molecule has 158 valence electrons. The second-order valence-electron chi connectivity index (χ2n) is 6.95. The van der Waals surface area contributed by atoms with Crippen molar-refractivity contribution in [3.05, 3.63) is 41.7 Å². The van der Waals surface area contributed by atoms with Gasteiger partial charge in [0.25, 0.3) is 0 Å². The molecular weight excluding hydrogens is 382 g/mol. The van der Waals surface area contributed by atoms with E-state index in [1.165, 1.54) is 0 Å². The normalized spacial score (nSPS) is 10.9. The smallest absolute Gasteiger partial charge is 0.235 e. The minimum atomic E-state index is 0.0216. The van der Waals surface area contributed by atoms with E-state index in [0.29, 0.717) is 53.6 Å². The predicted molar refractivity (Wildman–Crippen MR) is 116 cm³/mol. The first-order chi connectivity index (χ1) is 14.4. The summed E-state index contributed by atoms with van der Waals surface area (Å²) in [7, 11) is 1.79. The predicted octanol–water partition coefficient (Wildman–Crippen LogP) is 3.91. The first kappa shape index (κ1) is 21.2. The molecule has 3 aromatic rings. The lowest BCUT2D eigenvalue weighted by Gasteiger charge is -2.19. The van der Waals surface area contributed by atoms with Crippen LogP contribution in [-0.4, -0.2) is 39.5 Å². The van der Waals surface area contributed by atoms with Crippen molar-refractivity contribution in [2.45, 2.75) is 34.2 Å². The Morgan fingerprint density at radius 3 is 2.73 bits per heavy atom. The molecule has 0 aliphatic rings. The third-order valence-electron chi connectivity index (χ3n) is 4.43. The van der Waals surface area contributed by atoms with Gasteiger partial charge in [0.2, 0.25) is 17.7 Å². The molecule has 3 heterocycles. The lowest BCUT2D eigenvalue weighted by Crippen LogP contribution is -2.16. The Hall–Kier alpha value is -3.49. The largest absolute Gasteiger partial charge is 0.477 e. The van der Waals surface area contributed by atoms with Crippen LogP contribution in [0.2, 0.25) is 0 Å². The highest BCUT2D eigenvalue weighted by molar-refractivity contribution is 6.08. The maximum atomic E-state index is 8.63. The summed E-state index contributed by atoms with van der Waals surface area (Å²) in [4.78, 5) is 9.10. The van der Waals surface area contributed by atoms with Crippen LogP contribution in [0.1, 0.15) is 38.1 Å². The van der Waals surface area contributed by atoms with Gasteiger partial charge in [-0.3, -0.25) is 0 Å². The van der Waals surface area contributed by atoms with Crippen LogP contribution in [0.15, 0.2) is 28.8 Å². The molecule has 9 heteroatoms. The Kier molecular flexibility index (Phi) is 6.61. The zero-order valence-electron chi connectivity index (χ0n) is 17.9. The van der Waals surface area contributed by atoms with E-state index >= 15 is 0 Å². The van der Waals surface area contributed by atoms with Gasteiger partial charge in [-0.2, -0.15) is 0 Å². The SMILES string of the molecule is CCOc1ncccc1-c1cc(NCc2nnc(C)o2)c(C(=N)C(C)C)c(NC)n1. The van der Waals surface area contributed by atoms with Crippen molar-refractivity contribution >= 4 is 17.2 Å². The summed E-state index contributed by atoms with van der Waals surface area (Å²) in [5, 5.41) is 23.0. The van der Waals surface area contributed by atoms with Crippen LogP contribution >= 0.6 is 0 Å². The molecule has 3 aromatic heterocycles. The Morgan fingerprint density at radius 2 is 2.10 bits per heavy atom. The number of nitrogens with one attached hydrogen (secondary N) is 3. The van der Waals surface area contributed by atoms with Crippen LogP contribution in [0.5, 0.6) is 5.88 Å². The van der Waals surface area contributed by atoms with Crippen molar-refractivity contribution in [2.75, 3.05) is 24.3 Å². The van der Waals surface area contributed by atoms with Crippen molar-refractivity contribution in [3.63, 3.8) is 0 Å². The maximum absolute atomic E-state index is 8.63. The molecule has 0 saturated heterocycles. The van der Waals surface area contributed by atoms with E-state index in [4.69, 9.17) is 19.5 Å². The van der Waals surface area contributed by atoms with Gasteiger partial charge >= 0.3 is 0 Å². The highest BCUT2D eigenvalue weighted by Crippen LogP contribution is 2.34. The van der Waals surface area contributed by atoms with Crippen LogP contribution in [0, 0.1) is 18.3 Å². The average Bonchev–Trinajstić information content (AvgIpc) is 3.16. The van der Waals surface area contributed by atoms with E-state index in [1.54, 1.807) is 20.2 Å². The fraction of sp³-hybridized carbons (Fsp3) is 0.381. The third-order valence-corrected chi connectivity index (χ3v) is 4.43. The van der Waals surface area contributed by atoms with Gasteiger partial charge in [0, 0.05) is 31.6 Å². The minimum Gasteiger partial charge on any atom is -0.477 e. The summed E-state index contributed by atoms with van der Waals surface area (Å²) < 4.78 is 11.2. The van der Waals surface area contributed by atoms with Crippen molar-refractivity contribution in [3.8, 4) is 17.1 Å². The van der Waals surface area contributed by atoms with Crippen LogP contribution in [-0.2, 0) is 6.54 Å². The van der Waals surface area contributed by atoms with Crippen molar-refractivity contribution in [2.24, 2.45) is 5.92 Å². The van der Waals surface area contributed by atoms with E-state index in [9.17, 15) is 0 Å². The highest BCUT2D eigenvalue weighted by Gasteiger charge is 2.21. The third kappa shape index (κ3) is 4.56. The molecular formula is C21H27N7O2. The van der Waals surface area contributed by atoms with Gasteiger partial charge in [-0.15, -0.1) is 10.2 Å². The van der Waals surface area contributed by atoms with Gasteiger partial charge in [-0.05, 0) is 31.0 Å². The van der Waals surface area contributed by atoms with Crippen molar-refractivity contribution in [1.29, 1.82) is 5.41 Å². The molecule has 0 saturated carbocycles. The molecule has 0 aliphatic heterocycles. The first-order valence-corrected chi connectivity index (χ1v) is 9.87. The Labute approximate surface area is 175 Å². The van der Waals surface area contributed by atoms with Crippen LogP contribution in [0.4, 0.5) is 11.5 Å². The molecule has 0 radical (unpaired) electrons. The molecule has 9 nitrogen and oxygen atoms in total. The monoisotopic (exact) mass is 409 g/mol. The van der Waals surface area contributed by atoms with E-state index in [1.807, 2.05) is 39.0 Å². The van der Waals surface area contributed by atoms with Gasteiger partial charge in [0.1, 0.15) is 5.82 Å². The number of hydrogen-bond donors (Lipinski definition) is 3. The summed E-state index contributed by atoms with van der Waals surface area (Å²) in [6.07, 6.45) is 1.69. The molecule has 0 aromatic carbocycles. The summed E-state index contributed by atoms with van der Waals surface area (Å²) >= 11 is 0. The minimum absolute atomic E-state index is 0.0216. The highest BCUT2D eigenvalue weighted by atomic mass is 16.5. The number of ether oxygens (including phenoxy) is 1. The van der Waals surface area contributed by atoms with Crippen molar-refractivity contribution in [1.82, 2.24) is 20.2 Å². The second-order valence-corrected chi connectivity index (χ2v) is 6.95. The molecule has 0 spiro atoms. The van der Waals surface area contributed by atoms with Crippen LogP contribution < -0.4 is 15.4 Å². The van der Waals surface area contributed by atoms with Crippen molar-refractivity contribution < 1.29 is 9.15 Å². The molecule has 0 amide bonds. The quantitative estimate of drug-likeness (QED) is 0.455. The van der Waals surface area contributed by atoms with E-state index in [2.05, 4.69) is 25.8 Å². The van der Waals surface area contributed by atoms with Gasteiger partial charge in [-0.1, -0.05) is 13.8 Å². The zero-order chi connectivity index (χ0) is 21.7.